The van der Waals surface area contributed by atoms with Crippen molar-refractivity contribution in [2.24, 2.45) is 7.05 Å². The van der Waals surface area contributed by atoms with E-state index in [0.717, 1.165) is 22.3 Å². The highest BCUT2D eigenvalue weighted by Crippen LogP contribution is 2.17. The van der Waals surface area contributed by atoms with Crippen LogP contribution in [-0.2, 0) is 13.5 Å². The molecular weight excluding hydrogens is 280 g/mol. The van der Waals surface area contributed by atoms with E-state index in [2.05, 4.69) is 31.3 Å². The van der Waals surface area contributed by atoms with E-state index in [9.17, 15) is 0 Å². The zero-order chi connectivity index (χ0) is 12.3. The first-order valence-electron chi connectivity index (χ1n) is 5.46. The van der Waals surface area contributed by atoms with Crippen LogP contribution >= 0.6 is 15.9 Å². The lowest BCUT2D eigenvalue weighted by molar-refractivity contribution is 0.532. The number of nitrogens with one attached hydrogen (secondary N) is 1. The molecule has 0 saturated carbocycles. The minimum Gasteiger partial charge on any atom is -0.311 e. The molecule has 0 fully saturated rings. The normalized spacial score (nSPS) is 12.6. The number of nitrogens with zero attached hydrogens (tertiary/aromatic N) is 3. The van der Waals surface area contributed by atoms with Crippen LogP contribution in [0, 0.1) is 0 Å². The van der Waals surface area contributed by atoms with Gasteiger partial charge in [-0.15, -0.1) is 0 Å². The fourth-order valence-electron chi connectivity index (χ4n) is 1.82. The van der Waals surface area contributed by atoms with Gasteiger partial charge in [0.15, 0.2) is 0 Å². The smallest absolute Gasteiger partial charge is 0.0554 e. The molecule has 0 aliphatic rings. The predicted molar refractivity (Wildman–Crippen MR) is 70.6 cm³/mol. The van der Waals surface area contributed by atoms with Gasteiger partial charge in [-0.25, -0.2) is 0 Å². The molecule has 90 valence electrons. The molecule has 2 aromatic rings. The molecule has 0 amide bonds. The Hall–Kier alpha value is -1.20. The van der Waals surface area contributed by atoms with E-state index in [4.69, 9.17) is 0 Å². The van der Waals surface area contributed by atoms with Crippen molar-refractivity contribution in [2.45, 2.75) is 12.5 Å². The molecule has 0 aliphatic heterocycles. The van der Waals surface area contributed by atoms with Gasteiger partial charge in [0.2, 0.25) is 0 Å². The molecule has 5 heteroatoms. The molecule has 0 radical (unpaired) electrons. The zero-order valence-electron chi connectivity index (χ0n) is 9.89. The van der Waals surface area contributed by atoms with Gasteiger partial charge in [-0.2, -0.15) is 5.10 Å². The number of hydrogen-bond donors (Lipinski definition) is 1. The standard InChI is InChI=1S/C12H15BrN4/c1-14-11(12-5-6-16-17(12)2)7-10-4-3-9(13)8-15-10/h3-6,8,11,14H,7H2,1-2H3. The summed E-state index contributed by atoms with van der Waals surface area (Å²) in [6.45, 7) is 0. The first kappa shape index (κ1) is 12.3. The fourth-order valence-corrected chi connectivity index (χ4v) is 2.05. The van der Waals surface area contributed by atoms with Gasteiger partial charge in [0.05, 0.1) is 11.7 Å². The Kier molecular flexibility index (Phi) is 3.91. The summed E-state index contributed by atoms with van der Waals surface area (Å²) in [7, 11) is 3.91. The molecule has 0 bridgehead atoms. The van der Waals surface area contributed by atoms with Crippen LogP contribution in [0.2, 0.25) is 0 Å². The van der Waals surface area contributed by atoms with Gasteiger partial charge in [-0.05, 0) is 41.2 Å². The van der Waals surface area contributed by atoms with E-state index in [-0.39, 0.29) is 6.04 Å². The molecule has 17 heavy (non-hydrogen) atoms. The van der Waals surface area contributed by atoms with E-state index >= 15 is 0 Å². The third-order valence-electron chi connectivity index (χ3n) is 2.77. The second-order valence-corrected chi connectivity index (χ2v) is 4.81. The molecule has 0 saturated heterocycles. The predicted octanol–water partition coefficient (Wildman–Crippen LogP) is 2.08. The van der Waals surface area contributed by atoms with Crippen LogP contribution in [0.15, 0.2) is 35.1 Å². The van der Waals surface area contributed by atoms with Crippen LogP contribution in [0.5, 0.6) is 0 Å². The average molecular weight is 295 g/mol. The van der Waals surface area contributed by atoms with Crippen LogP contribution in [0.25, 0.3) is 0 Å². The lowest BCUT2D eigenvalue weighted by Gasteiger charge is -2.16. The minimum atomic E-state index is 0.233. The summed E-state index contributed by atoms with van der Waals surface area (Å²) in [5, 5.41) is 7.49. The summed E-state index contributed by atoms with van der Waals surface area (Å²) < 4.78 is 2.89. The first-order valence-corrected chi connectivity index (χ1v) is 6.25. The number of rotatable bonds is 4. The lowest BCUT2D eigenvalue weighted by atomic mass is 10.1. The summed E-state index contributed by atoms with van der Waals surface area (Å²) in [6.07, 6.45) is 4.49. The van der Waals surface area contributed by atoms with Gasteiger partial charge >= 0.3 is 0 Å². The molecule has 2 heterocycles. The SMILES string of the molecule is CNC(Cc1ccc(Br)cn1)c1ccnn1C. The monoisotopic (exact) mass is 294 g/mol. The summed E-state index contributed by atoms with van der Waals surface area (Å²) in [4.78, 5) is 4.39. The van der Waals surface area contributed by atoms with Gasteiger partial charge < -0.3 is 5.32 Å². The summed E-state index contributed by atoms with van der Waals surface area (Å²) in [5.74, 6) is 0. The number of aryl methyl sites for hydroxylation is 1. The Morgan fingerprint density at radius 2 is 2.24 bits per heavy atom. The van der Waals surface area contributed by atoms with E-state index < -0.39 is 0 Å². The van der Waals surface area contributed by atoms with Gasteiger partial charge in [0.25, 0.3) is 0 Å². The largest absolute Gasteiger partial charge is 0.311 e. The number of hydrogen-bond acceptors (Lipinski definition) is 3. The number of aromatic nitrogens is 3. The summed E-state index contributed by atoms with van der Waals surface area (Å²) >= 11 is 3.39. The van der Waals surface area contributed by atoms with Crippen LogP contribution in [-0.4, -0.2) is 21.8 Å². The number of likely N-dealkylation sites (N-methyl/N-ethyl adjacent to an activating group) is 1. The Morgan fingerprint density at radius 3 is 2.76 bits per heavy atom. The molecule has 1 atom stereocenters. The van der Waals surface area contributed by atoms with Crippen LogP contribution < -0.4 is 5.32 Å². The number of pyridine rings is 1. The third-order valence-corrected chi connectivity index (χ3v) is 3.24. The fraction of sp³-hybridized carbons (Fsp3) is 0.333. The highest BCUT2D eigenvalue weighted by Gasteiger charge is 2.13. The quantitative estimate of drug-likeness (QED) is 0.939. The molecule has 2 aromatic heterocycles. The highest BCUT2D eigenvalue weighted by atomic mass is 79.9. The van der Waals surface area contributed by atoms with Crippen molar-refractivity contribution in [3.8, 4) is 0 Å². The first-order chi connectivity index (χ1) is 8.20. The minimum absolute atomic E-state index is 0.233. The van der Waals surface area contributed by atoms with Crippen molar-refractivity contribution in [1.82, 2.24) is 20.1 Å². The van der Waals surface area contributed by atoms with Crippen molar-refractivity contribution in [1.29, 1.82) is 0 Å². The summed E-state index contributed by atoms with van der Waals surface area (Å²) in [6, 6.07) is 6.31. The van der Waals surface area contributed by atoms with Gasteiger partial charge in [0, 0.05) is 36.0 Å². The van der Waals surface area contributed by atoms with Gasteiger partial charge in [0.1, 0.15) is 0 Å². The second-order valence-electron chi connectivity index (χ2n) is 3.89. The Bertz CT molecular complexity index is 478. The van der Waals surface area contributed by atoms with Gasteiger partial charge in [-0.1, -0.05) is 0 Å². The van der Waals surface area contributed by atoms with Crippen LogP contribution in [0.1, 0.15) is 17.4 Å². The molecular formula is C12H15BrN4. The lowest BCUT2D eigenvalue weighted by Crippen LogP contribution is -2.22. The van der Waals surface area contributed by atoms with Crippen molar-refractivity contribution in [2.75, 3.05) is 7.05 Å². The van der Waals surface area contributed by atoms with Crippen LogP contribution in [0.4, 0.5) is 0 Å². The summed E-state index contributed by atoms with van der Waals surface area (Å²) in [5.41, 5.74) is 2.23. The molecule has 2 rings (SSSR count). The van der Waals surface area contributed by atoms with Crippen molar-refractivity contribution in [3.05, 3.63) is 46.5 Å². The third kappa shape index (κ3) is 2.92. The van der Waals surface area contributed by atoms with E-state index in [1.54, 1.807) is 0 Å². The Balaban J connectivity index is 2.16. The Labute approximate surface area is 109 Å². The maximum Gasteiger partial charge on any atom is 0.0554 e. The van der Waals surface area contributed by atoms with E-state index in [1.807, 2.05) is 49.4 Å². The molecule has 1 N–H and O–H groups in total. The second kappa shape index (κ2) is 5.42. The highest BCUT2D eigenvalue weighted by molar-refractivity contribution is 9.10. The molecule has 0 aliphatic carbocycles. The Morgan fingerprint density at radius 1 is 1.41 bits per heavy atom. The van der Waals surface area contributed by atoms with Crippen LogP contribution in [0.3, 0.4) is 0 Å². The van der Waals surface area contributed by atoms with E-state index in [0.29, 0.717) is 0 Å². The maximum atomic E-state index is 4.39. The van der Waals surface area contributed by atoms with Gasteiger partial charge in [-0.3, -0.25) is 9.67 Å². The average Bonchev–Trinajstić information content (AvgIpc) is 2.75. The van der Waals surface area contributed by atoms with Crippen molar-refractivity contribution in [3.63, 3.8) is 0 Å². The van der Waals surface area contributed by atoms with E-state index in [1.165, 1.54) is 0 Å². The zero-order valence-corrected chi connectivity index (χ0v) is 11.5. The van der Waals surface area contributed by atoms with Crippen molar-refractivity contribution < 1.29 is 0 Å². The number of halogens is 1. The topological polar surface area (TPSA) is 42.7 Å². The maximum absolute atomic E-state index is 4.39. The molecule has 4 nitrogen and oxygen atoms in total. The molecule has 0 aromatic carbocycles. The van der Waals surface area contributed by atoms with Crippen molar-refractivity contribution >= 4 is 15.9 Å². The molecule has 0 spiro atoms. The molecule has 1 unspecified atom stereocenters.